The zero-order valence-electron chi connectivity index (χ0n) is 20.5. The molecule has 2 aromatic carbocycles. The van der Waals surface area contributed by atoms with E-state index < -0.39 is 10.0 Å². The minimum Gasteiger partial charge on any atom is -0.496 e. The van der Waals surface area contributed by atoms with Crippen molar-refractivity contribution in [3.63, 3.8) is 0 Å². The predicted octanol–water partition coefficient (Wildman–Crippen LogP) is 3.64. The number of rotatable bonds is 8. The number of nitrogens with one attached hydrogen (secondary N) is 1. The number of ether oxygens (including phenoxy) is 3. The van der Waals surface area contributed by atoms with E-state index in [4.69, 9.17) is 14.2 Å². The number of carbonyl (C=O) groups excluding carboxylic acids is 1. The maximum Gasteiger partial charge on any atom is 0.254 e. The van der Waals surface area contributed by atoms with Gasteiger partial charge >= 0.3 is 0 Å². The fourth-order valence-corrected chi connectivity index (χ4v) is 5.23. The molecule has 1 aliphatic rings. The van der Waals surface area contributed by atoms with E-state index in [2.05, 4.69) is 4.72 Å². The van der Waals surface area contributed by atoms with Crippen molar-refractivity contribution in [2.45, 2.75) is 38.1 Å². The minimum atomic E-state index is -3.70. The fraction of sp³-hybridized carbons (Fsp3) is 0.400. The van der Waals surface area contributed by atoms with Crippen molar-refractivity contribution in [3.05, 3.63) is 53.1 Å². The molecular formula is C25H32N2O6S. The lowest BCUT2D eigenvalue weighted by Crippen LogP contribution is -2.35. The Hall–Kier alpha value is -3.04. The summed E-state index contributed by atoms with van der Waals surface area (Å²) in [5.74, 6) is 1.69. The van der Waals surface area contributed by atoms with Gasteiger partial charge in [0.1, 0.15) is 17.2 Å². The van der Waals surface area contributed by atoms with E-state index in [0.29, 0.717) is 42.3 Å². The molecule has 0 atom stereocenters. The monoisotopic (exact) mass is 488 g/mol. The number of aryl methyl sites for hydroxylation is 1. The van der Waals surface area contributed by atoms with Gasteiger partial charge in [0, 0.05) is 36.8 Å². The molecule has 9 heteroatoms. The fourth-order valence-electron chi connectivity index (χ4n) is 3.95. The number of hydrogen-bond acceptors (Lipinski definition) is 6. The van der Waals surface area contributed by atoms with Crippen LogP contribution in [-0.2, 0) is 10.0 Å². The quantitative estimate of drug-likeness (QED) is 0.610. The standard InChI is InChI=1S/C25H32N2O6S/c1-16(2)26-34(29,30)20-8-7-17(3)21(15-20)25(28)27-11-9-18(10-12-27)24-22(32-5)13-19(31-4)14-23(24)33-6/h7-9,13-16,26H,10-12H2,1-6H3. The maximum absolute atomic E-state index is 13.3. The molecule has 2 aromatic rings. The molecule has 0 saturated carbocycles. The van der Waals surface area contributed by atoms with E-state index in [0.717, 1.165) is 16.7 Å². The molecule has 1 heterocycles. The van der Waals surface area contributed by atoms with Crippen LogP contribution >= 0.6 is 0 Å². The van der Waals surface area contributed by atoms with Crippen LogP contribution in [0.2, 0.25) is 0 Å². The third kappa shape index (κ3) is 5.37. The summed E-state index contributed by atoms with van der Waals surface area (Å²) in [7, 11) is 1.07. The lowest BCUT2D eigenvalue weighted by molar-refractivity contribution is 0.0772. The molecule has 1 N–H and O–H groups in total. The number of nitrogens with zero attached hydrogens (tertiary/aromatic N) is 1. The summed E-state index contributed by atoms with van der Waals surface area (Å²) >= 11 is 0. The first-order valence-electron chi connectivity index (χ1n) is 11.0. The second-order valence-electron chi connectivity index (χ2n) is 8.39. The number of sulfonamides is 1. The first-order chi connectivity index (χ1) is 16.1. The van der Waals surface area contributed by atoms with Crippen LogP contribution in [0.5, 0.6) is 17.2 Å². The zero-order valence-corrected chi connectivity index (χ0v) is 21.3. The molecule has 1 amide bonds. The first kappa shape index (κ1) is 25.6. The van der Waals surface area contributed by atoms with Gasteiger partial charge in [0.15, 0.2) is 0 Å². The average molecular weight is 489 g/mol. The molecule has 0 radical (unpaired) electrons. The molecule has 3 rings (SSSR count). The number of methoxy groups -OCH3 is 3. The summed E-state index contributed by atoms with van der Waals surface area (Å²) in [4.78, 5) is 15.1. The third-order valence-corrected chi connectivity index (χ3v) is 7.33. The lowest BCUT2D eigenvalue weighted by Gasteiger charge is -2.28. The van der Waals surface area contributed by atoms with Gasteiger partial charge in [-0.15, -0.1) is 0 Å². The summed E-state index contributed by atoms with van der Waals surface area (Å²) in [5.41, 5.74) is 2.95. The van der Waals surface area contributed by atoms with E-state index in [-0.39, 0.29) is 16.8 Å². The normalized spacial score (nSPS) is 14.1. The Bertz CT molecular complexity index is 1180. The van der Waals surface area contributed by atoms with Gasteiger partial charge in [0.05, 0.1) is 31.8 Å². The molecule has 34 heavy (non-hydrogen) atoms. The Kier molecular flexibility index (Phi) is 7.89. The largest absolute Gasteiger partial charge is 0.496 e. The van der Waals surface area contributed by atoms with Gasteiger partial charge in [-0.05, 0) is 50.5 Å². The molecule has 8 nitrogen and oxygen atoms in total. The minimum absolute atomic E-state index is 0.0797. The van der Waals surface area contributed by atoms with Gasteiger partial charge in [0.25, 0.3) is 5.91 Å². The molecule has 0 bridgehead atoms. The van der Waals surface area contributed by atoms with Crippen molar-refractivity contribution in [2.24, 2.45) is 0 Å². The smallest absolute Gasteiger partial charge is 0.254 e. The van der Waals surface area contributed by atoms with Gasteiger partial charge in [0.2, 0.25) is 10.0 Å². The van der Waals surface area contributed by atoms with Crippen molar-refractivity contribution in [3.8, 4) is 17.2 Å². The van der Waals surface area contributed by atoms with Gasteiger partial charge in [-0.1, -0.05) is 12.1 Å². The average Bonchev–Trinajstić information content (AvgIpc) is 2.82. The van der Waals surface area contributed by atoms with Crippen molar-refractivity contribution < 1.29 is 27.4 Å². The van der Waals surface area contributed by atoms with Crippen molar-refractivity contribution >= 4 is 21.5 Å². The SMILES string of the molecule is COc1cc(OC)c(C2=CCN(C(=O)c3cc(S(=O)(=O)NC(C)C)ccc3C)CC2)c(OC)c1. The highest BCUT2D eigenvalue weighted by molar-refractivity contribution is 7.89. The maximum atomic E-state index is 13.3. The van der Waals surface area contributed by atoms with Gasteiger partial charge in [-0.2, -0.15) is 0 Å². The molecule has 0 spiro atoms. The molecule has 1 aliphatic heterocycles. The van der Waals surface area contributed by atoms with E-state index in [1.54, 1.807) is 65.2 Å². The second kappa shape index (κ2) is 10.5. The molecule has 0 aliphatic carbocycles. The van der Waals surface area contributed by atoms with E-state index in [1.807, 2.05) is 6.08 Å². The Morgan fingerprint density at radius 2 is 1.68 bits per heavy atom. The molecular weight excluding hydrogens is 456 g/mol. The summed E-state index contributed by atoms with van der Waals surface area (Å²) < 4.78 is 44.2. The summed E-state index contributed by atoms with van der Waals surface area (Å²) in [6, 6.07) is 8.00. The molecule has 0 unspecified atom stereocenters. The Balaban J connectivity index is 1.88. The topological polar surface area (TPSA) is 94.2 Å². The van der Waals surface area contributed by atoms with Crippen LogP contribution in [0.1, 0.15) is 41.8 Å². The molecule has 0 saturated heterocycles. The molecule has 0 fully saturated rings. The van der Waals surface area contributed by atoms with Gasteiger partial charge in [-0.3, -0.25) is 4.79 Å². The van der Waals surface area contributed by atoms with Crippen molar-refractivity contribution in [1.29, 1.82) is 0 Å². The van der Waals surface area contributed by atoms with Crippen molar-refractivity contribution in [1.82, 2.24) is 9.62 Å². The number of carbonyl (C=O) groups is 1. The number of amides is 1. The van der Waals surface area contributed by atoms with E-state index >= 15 is 0 Å². The van der Waals surface area contributed by atoms with Crippen LogP contribution in [0, 0.1) is 6.92 Å². The highest BCUT2D eigenvalue weighted by Gasteiger charge is 2.26. The molecule has 0 aromatic heterocycles. The van der Waals surface area contributed by atoms with Crippen LogP contribution in [0.3, 0.4) is 0 Å². The number of hydrogen-bond donors (Lipinski definition) is 1. The van der Waals surface area contributed by atoms with Gasteiger partial charge < -0.3 is 19.1 Å². The summed E-state index contributed by atoms with van der Waals surface area (Å²) in [6.07, 6.45) is 2.57. The zero-order chi connectivity index (χ0) is 25.0. The van der Waals surface area contributed by atoms with E-state index in [1.165, 1.54) is 12.1 Å². The van der Waals surface area contributed by atoms with Crippen LogP contribution in [0.25, 0.3) is 5.57 Å². The Morgan fingerprint density at radius 1 is 1.03 bits per heavy atom. The van der Waals surface area contributed by atoms with Gasteiger partial charge in [-0.25, -0.2) is 13.1 Å². The Labute approximate surface area is 201 Å². The molecule has 184 valence electrons. The second-order valence-corrected chi connectivity index (χ2v) is 10.1. The highest BCUT2D eigenvalue weighted by Crippen LogP contribution is 2.41. The van der Waals surface area contributed by atoms with Crippen LogP contribution in [0.15, 0.2) is 41.3 Å². The summed E-state index contributed by atoms with van der Waals surface area (Å²) in [5, 5.41) is 0. The van der Waals surface area contributed by atoms with Crippen LogP contribution in [-0.4, -0.2) is 59.7 Å². The number of benzene rings is 2. The summed E-state index contributed by atoms with van der Waals surface area (Å²) in [6.45, 7) is 6.17. The van der Waals surface area contributed by atoms with Crippen LogP contribution < -0.4 is 18.9 Å². The van der Waals surface area contributed by atoms with Crippen LogP contribution in [0.4, 0.5) is 0 Å². The first-order valence-corrected chi connectivity index (χ1v) is 12.5. The van der Waals surface area contributed by atoms with E-state index in [9.17, 15) is 13.2 Å². The van der Waals surface area contributed by atoms with Crippen molar-refractivity contribution in [2.75, 3.05) is 34.4 Å². The lowest BCUT2D eigenvalue weighted by atomic mass is 9.96. The third-order valence-electron chi connectivity index (χ3n) is 5.67. The highest BCUT2D eigenvalue weighted by atomic mass is 32.2. The predicted molar refractivity (Wildman–Crippen MR) is 131 cm³/mol. The Morgan fingerprint density at radius 3 is 2.18 bits per heavy atom.